The molecule has 104 valence electrons. The highest BCUT2D eigenvalue weighted by atomic mass is 16.2. The Balaban J connectivity index is 1.84. The summed E-state index contributed by atoms with van der Waals surface area (Å²) >= 11 is 0. The molecule has 0 aromatic heterocycles. The van der Waals surface area contributed by atoms with E-state index in [1.165, 1.54) is 5.56 Å². The van der Waals surface area contributed by atoms with Crippen molar-refractivity contribution in [2.45, 2.75) is 32.4 Å². The first-order valence-corrected chi connectivity index (χ1v) is 7.20. The Bertz CT molecular complexity index is 622. The summed E-state index contributed by atoms with van der Waals surface area (Å²) < 4.78 is 0. The van der Waals surface area contributed by atoms with Gasteiger partial charge in [0, 0.05) is 18.2 Å². The molecule has 1 aliphatic carbocycles. The number of hydrogen-bond donors (Lipinski definition) is 2. The third-order valence-electron chi connectivity index (χ3n) is 4.33. The third-order valence-corrected chi connectivity index (χ3v) is 4.33. The van der Waals surface area contributed by atoms with Gasteiger partial charge in [0.05, 0.1) is 11.3 Å². The van der Waals surface area contributed by atoms with Gasteiger partial charge in [0.15, 0.2) is 0 Å². The molecular weight excluding hydrogens is 254 g/mol. The van der Waals surface area contributed by atoms with Crippen molar-refractivity contribution in [3.8, 4) is 0 Å². The molecule has 5 heteroatoms. The molecule has 0 bridgehead atoms. The predicted octanol–water partition coefficient (Wildman–Crippen LogP) is 1.49. The monoisotopic (exact) mass is 271 g/mol. The van der Waals surface area contributed by atoms with Gasteiger partial charge in [-0.1, -0.05) is 0 Å². The first-order chi connectivity index (χ1) is 9.65. The van der Waals surface area contributed by atoms with Crippen LogP contribution in [0.25, 0.3) is 0 Å². The Morgan fingerprint density at radius 1 is 1.35 bits per heavy atom. The van der Waals surface area contributed by atoms with E-state index in [1.807, 2.05) is 19.1 Å². The van der Waals surface area contributed by atoms with E-state index in [4.69, 9.17) is 0 Å². The Morgan fingerprint density at radius 2 is 2.15 bits per heavy atom. The van der Waals surface area contributed by atoms with Crippen LogP contribution in [0.4, 0.5) is 11.4 Å². The first kappa shape index (κ1) is 11.8. The minimum absolute atomic E-state index is 0.0937. The maximum Gasteiger partial charge on any atom is 0.255 e. The number of carbonyl (C=O) groups excluding carboxylic acids is 2. The highest BCUT2D eigenvalue weighted by molar-refractivity contribution is 6.09. The lowest BCUT2D eigenvalue weighted by molar-refractivity contribution is -0.120. The summed E-state index contributed by atoms with van der Waals surface area (Å²) in [6, 6.07) is 3.90. The summed E-state index contributed by atoms with van der Waals surface area (Å²) in [5.74, 6) is 0.195. The number of amides is 2. The topological polar surface area (TPSA) is 61.4 Å². The molecule has 3 aliphatic rings. The molecule has 1 aromatic carbocycles. The number of hydrogen-bond acceptors (Lipinski definition) is 3. The lowest BCUT2D eigenvalue weighted by Crippen LogP contribution is -2.54. The second kappa shape index (κ2) is 3.98. The fraction of sp³-hybridized carbons (Fsp3) is 0.467. The first-order valence-electron chi connectivity index (χ1n) is 7.20. The molecule has 1 fully saturated rings. The molecule has 20 heavy (non-hydrogen) atoms. The van der Waals surface area contributed by atoms with Gasteiger partial charge in [-0.3, -0.25) is 14.5 Å². The van der Waals surface area contributed by atoms with Crippen molar-refractivity contribution >= 4 is 23.2 Å². The van der Waals surface area contributed by atoms with E-state index in [2.05, 4.69) is 10.6 Å². The van der Waals surface area contributed by atoms with E-state index < -0.39 is 0 Å². The molecule has 4 rings (SSSR count). The van der Waals surface area contributed by atoms with Crippen molar-refractivity contribution in [2.24, 2.45) is 5.92 Å². The highest BCUT2D eigenvalue weighted by Crippen LogP contribution is 2.38. The lowest BCUT2D eigenvalue weighted by atomic mass is 10.0. The van der Waals surface area contributed by atoms with Crippen LogP contribution in [0.1, 0.15) is 35.7 Å². The number of rotatable bonds is 1. The summed E-state index contributed by atoms with van der Waals surface area (Å²) in [5, 5.41) is 6.16. The lowest BCUT2D eigenvalue weighted by Gasteiger charge is -2.36. The van der Waals surface area contributed by atoms with E-state index >= 15 is 0 Å². The van der Waals surface area contributed by atoms with E-state index in [0.29, 0.717) is 5.56 Å². The number of nitrogens with zero attached hydrogens (tertiary/aromatic N) is 1. The molecule has 0 saturated heterocycles. The molecule has 1 aromatic rings. The van der Waals surface area contributed by atoms with Crippen LogP contribution in [0.5, 0.6) is 0 Å². The van der Waals surface area contributed by atoms with Gasteiger partial charge in [-0.05, 0) is 43.9 Å². The van der Waals surface area contributed by atoms with Crippen LogP contribution in [0.3, 0.4) is 0 Å². The van der Waals surface area contributed by atoms with Crippen LogP contribution in [0.15, 0.2) is 12.1 Å². The van der Waals surface area contributed by atoms with Crippen molar-refractivity contribution < 1.29 is 9.59 Å². The summed E-state index contributed by atoms with van der Waals surface area (Å²) in [5.41, 5.74) is 3.59. The third kappa shape index (κ3) is 1.62. The van der Waals surface area contributed by atoms with Crippen LogP contribution in [-0.2, 0) is 11.2 Å². The predicted molar refractivity (Wildman–Crippen MR) is 75.8 cm³/mol. The summed E-state index contributed by atoms with van der Waals surface area (Å²) in [4.78, 5) is 26.4. The van der Waals surface area contributed by atoms with E-state index in [-0.39, 0.29) is 23.9 Å². The molecule has 1 atom stereocenters. The number of carbonyl (C=O) groups is 2. The minimum Gasteiger partial charge on any atom is -0.384 e. The zero-order valence-electron chi connectivity index (χ0n) is 11.4. The molecule has 2 N–H and O–H groups in total. The SMILES string of the molecule is CC1NC(=O)c2cc3c(cc2N1C(=O)C1CC1)CCN3. The van der Waals surface area contributed by atoms with Gasteiger partial charge in [0.2, 0.25) is 5.91 Å². The van der Waals surface area contributed by atoms with Crippen LogP contribution in [-0.4, -0.2) is 24.5 Å². The van der Waals surface area contributed by atoms with Crippen LogP contribution >= 0.6 is 0 Å². The van der Waals surface area contributed by atoms with Crippen molar-refractivity contribution in [2.75, 3.05) is 16.8 Å². The maximum absolute atomic E-state index is 12.5. The van der Waals surface area contributed by atoms with Gasteiger partial charge in [-0.2, -0.15) is 0 Å². The van der Waals surface area contributed by atoms with Gasteiger partial charge in [-0.25, -0.2) is 0 Å². The summed E-state index contributed by atoms with van der Waals surface area (Å²) in [7, 11) is 0. The highest BCUT2D eigenvalue weighted by Gasteiger charge is 2.40. The van der Waals surface area contributed by atoms with Gasteiger partial charge < -0.3 is 10.6 Å². The second-order valence-electron chi connectivity index (χ2n) is 5.84. The fourth-order valence-electron chi connectivity index (χ4n) is 3.09. The molecule has 1 saturated carbocycles. The average Bonchev–Trinajstić information content (AvgIpc) is 3.16. The minimum atomic E-state index is -0.268. The van der Waals surface area contributed by atoms with Crippen molar-refractivity contribution in [1.29, 1.82) is 0 Å². The molecule has 1 unspecified atom stereocenters. The zero-order valence-corrected chi connectivity index (χ0v) is 11.4. The Morgan fingerprint density at radius 3 is 2.90 bits per heavy atom. The number of fused-ring (bicyclic) bond motifs is 2. The smallest absolute Gasteiger partial charge is 0.255 e. The van der Waals surface area contributed by atoms with Gasteiger partial charge in [-0.15, -0.1) is 0 Å². The van der Waals surface area contributed by atoms with Gasteiger partial charge in [0.25, 0.3) is 5.91 Å². The Kier molecular flexibility index (Phi) is 2.34. The Hall–Kier alpha value is -2.04. The van der Waals surface area contributed by atoms with Crippen molar-refractivity contribution in [1.82, 2.24) is 5.32 Å². The number of nitrogens with one attached hydrogen (secondary N) is 2. The van der Waals surface area contributed by atoms with E-state index in [9.17, 15) is 9.59 Å². The maximum atomic E-state index is 12.5. The second-order valence-corrected chi connectivity index (χ2v) is 5.84. The van der Waals surface area contributed by atoms with Crippen molar-refractivity contribution in [3.63, 3.8) is 0 Å². The van der Waals surface area contributed by atoms with E-state index in [1.54, 1.807) is 4.90 Å². The standard InChI is InChI=1S/C15H17N3O2/c1-8-17-14(19)11-7-12-10(4-5-16-12)6-13(11)18(8)15(20)9-2-3-9/h6-9,16H,2-5H2,1H3,(H,17,19). The molecule has 0 radical (unpaired) electrons. The van der Waals surface area contributed by atoms with Gasteiger partial charge >= 0.3 is 0 Å². The fourth-order valence-corrected chi connectivity index (χ4v) is 3.09. The van der Waals surface area contributed by atoms with Crippen LogP contribution in [0, 0.1) is 5.92 Å². The largest absolute Gasteiger partial charge is 0.384 e. The molecule has 0 spiro atoms. The normalized spacial score (nSPS) is 23.8. The quantitative estimate of drug-likeness (QED) is 0.813. The zero-order chi connectivity index (χ0) is 13.9. The van der Waals surface area contributed by atoms with Crippen LogP contribution < -0.4 is 15.5 Å². The van der Waals surface area contributed by atoms with Crippen LogP contribution in [0.2, 0.25) is 0 Å². The van der Waals surface area contributed by atoms with E-state index in [0.717, 1.165) is 37.2 Å². The Labute approximate surface area is 117 Å². The number of benzene rings is 1. The molecular formula is C15H17N3O2. The summed E-state index contributed by atoms with van der Waals surface area (Å²) in [6.45, 7) is 2.76. The summed E-state index contributed by atoms with van der Waals surface area (Å²) in [6.07, 6.45) is 2.62. The molecule has 5 nitrogen and oxygen atoms in total. The van der Waals surface area contributed by atoms with Crippen molar-refractivity contribution in [3.05, 3.63) is 23.3 Å². The number of anilines is 2. The van der Waals surface area contributed by atoms with Gasteiger partial charge in [0.1, 0.15) is 6.17 Å². The molecule has 2 heterocycles. The molecule has 2 amide bonds. The average molecular weight is 271 g/mol. The molecule has 2 aliphatic heterocycles.